The Hall–Kier alpha value is -1.75. The molecule has 4 rings (SSSR count). The van der Waals surface area contributed by atoms with Crippen molar-refractivity contribution >= 4 is 29.1 Å². The molecule has 1 aliphatic carbocycles. The maximum atomic E-state index is 11.3. The number of hydrogen-bond donors (Lipinski definition) is 2. The largest absolute Gasteiger partial charge is 0.480 e. The summed E-state index contributed by atoms with van der Waals surface area (Å²) in [6.45, 7) is 4.61. The van der Waals surface area contributed by atoms with Crippen molar-refractivity contribution in [2.75, 3.05) is 6.54 Å². The highest BCUT2D eigenvalue weighted by Crippen LogP contribution is 2.42. The first-order valence-electron chi connectivity index (χ1n) is 8.86. The number of thiophene rings is 1. The van der Waals surface area contributed by atoms with Crippen LogP contribution in [0.2, 0.25) is 0 Å². The Morgan fingerprint density at radius 1 is 1.38 bits per heavy atom. The van der Waals surface area contributed by atoms with E-state index in [2.05, 4.69) is 35.9 Å². The van der Waals surface area contributed by atoms with Crippen LogP contribution in [-0.2, 0) is 17.6 Å². The number of aliphatic carboxylic acids is 1. The summed E-state index contributed by atoms with van der Waals surface area (Å²) in [4.78, 5) is 12.6. The van der Waals surface area contributed by atoms with Crippen LogP contribution in [0.3, 0.4) is 0 Å². The third-order valence-electron chi connectivity index (χ3n) is 5.28. The number of aromatic nitrogens is 1. The van der Waals surface area contributed by atoms with Crippen molar-refractivity contribution in [1.29, 1.82) is 5.26 Å². The van der Waals surface area contributed by atoms with Gasteiger partial charge in [-0.25, -0.2) is 0 Å². The van der Waals surface area contributed by atoms with Crippen molar-refractivity contribution < 1.29 is 9.90 Å². The first-order chi connectivity index (χ1) is 12.5. The number of nitrogens with one attached hydrogen (secondary N) is 1. The molecule has 0 saturated carbocycles. The summed E-state index contributed by atoms with van der Waals surface area (Å²) in [6.07, 6.45) is 4.43. The third kappa shape index (κ3) is 2.77. The number of rotatable bonds is 3. The van der Waals surface area contributed by atoms with Gasteiger partial charge in [-0.2, -0.15) is 5.26 Å². The third-order valence-corrected chi connectivity index (χ3v) is 7.95. The zero-order chi connectivity index (χ0) is 18.4. The highest BCUT2D eigenvalue weighted by Gasteiger charge is 2.33. The number of carboxylic acid groups (broad SMARTS) is 1. The first kappa shape index (κ1) is 17.7. The molecular weight excluding hydrogens is 366 g/mol. The predicted molar refractivity (Wildman–Crippen MR) is 104 cm³/mol. The Kier molecular flexibility index (Phi) is 4.59. The minimum Gasteiger partial charge on any atom is -0.480 e. The molecule has 5 nitrogen and oxygen atoms in total. The minimum atomic E-state index is -0.767. The Bertz CT molecular complexity index is 922. The highest BCUT2D eigenvalue weighted by atomic mass is 32.2. The topological polar surface area (TPSA) is 78.0 Å². The van der Waals surface area contributed by atoms with Crippen molar-refractivity contribution in [3.8, 4) is 11.1 Å². The van der Waals surface area contributed by atoms with Gasteiger partial charge in [0, 0.05) is 28.4 Å². The molecule has 0 amide bonds. The Morgan fingerprint density at radius 3 is 2.85 bits per heavy atom. The molecule has 2 aromatic rings. The van der Waals surface area contributed by atoms with Crippen molar-refractivity contribution in [3.63, 3.8) is 0 Å². The quantitative estimate of drug-likeness (QED) is 0.840. The minimum absolute atomic E-state index is 0.0174. The van der Waals surface area contributed by atoms with Gasteiger partial charge in [-0.1, -0.05) is 0 Å². The molecular formula is C19H21N3O2S2. The Balaban J connectivity index is 1.76. The maximum absolute atomic E-state index is 11.3. The van der Waals surface area contributed by atoms with Crippen molar-refractivity contribution in [1.82, 2.24) is 9.88 Å². The molecule has 0 spiro atoms. The number of hydrogen-bond acceptors (Lipinski definition) is 5. The zero-order valence-electron chi connectivity index (χ0n) is 14.8. The number of nitriles is 1. The van der Waals surface area contributed by atoms with E-state index >= 15 is 0 Å². The van der Waals surface area contributed by atoms with E-state index in [1.54, 1.807) is 11.3 Å². The number of thioether (sulfide) groups is 1. The van der Waals surface area contributed by atoms with Gasteiger partial charge in [0.15, 0.2) is 0 Å². The zero-order valence-corrected chi connectivity index (χ0v) is 16.5. The van der Waals surface area contributed by atoms with Crippen molar-refractivity contribution in [2.24, 2.45) is 0 Å². The number of fused-ring (bicyclic) bond motifs is 1. The number of carbonyl (C=O) groups is 1. The lowest BCUT2D eigenvalue weighted by atomic mass is 9.96. The summed E-state index contributed by atoms with van der Waals surface area (Å²) in [5.41, 5.74) is 5.37. The van der Waals surface area contributed by atoms with E-state index in [0.717, 1.165) is 46.8 Å². The summed E-state index contributed by atoms with van der Waals surface area (Å²) >= 11 is 3.20. The Morgan fingerprint density at radius 2 is 2.15 bits per heavy atom. The summed E-state index contributed by atoms with van der Waals surface area (Å²) in [5.74, 6) is -0.767. The first-order valence-corrected chi connectivity index (χ1v) is 10.6. The molecule has 0 unspecified atom stereocenters. The van der Waals surface area contributed by atoms with Crippen LogP contribution in [0.1, 0.15) is 51.2 Å². The van der Waals surface area contributed by atoms with E-state index in [1.807, 2.05) is 0 Å². The van der Waals surface area contributed by atoms with Gasteiger partial charge < -0.3 is 9.67 Å². The smallest absolute Gasteiger partial charge is 0.318 e. The van der Waals surface area contributed by atoms with Gasteiger partial charge in [0.05, 0.1) is 10.9 Å². The summed E-state index contributed by atoms with van der Waals surface area (Å²) < 4.78 is 2.19. The molecule has 1 aliphatic heterocycles. The van der Waals surface area contributed by atoms with Gasteiger partial charge in [-0.3, -0.25) is 10.1 Å². The van der Waals surface area contributed by atoms with Crippen LogP contribution in [0, 0.1) is 25.2 Å². The summed E-state index contributed by atoms with van der Waals surface area (Å²) in [5, 5.41) is 22.9. The van der Waals surface area contributed by atoms with E-state index in [-0.39, 0.29) is 5.37 Å². The summed E-state index contributed by atoms with van der Waals surface area (Å²) in [7, 11) is 0. The molecule has 0 radical (unpaired) electrons. The second kappa shape index (κ2) is 6.76. The second-order valence-electron chi connectivity index (χ2n) is 6.92. The van der Waals surface area contributed by atoms with Gasteiger partial charge in [-0.15, -0.1) is 23.1 Å². The molecule has 0 aromatic carbocycles. The van der Waals surface area contributed by atoms with Gasteiger partial charge >= 0.3 is 5.97 Å². The predicted octanol–water partition coefficient (Wildman–Crippen LogP) is 3.69. The molecule has 2 atom stereocenters. The van der Waals surface area contributed by atoms with Crippen LogP contribution in [-0.4, -0.2) is 27.4 Å². The lowest BCUT2D eigenvalue weighted by Gasteiger charge is -2.12. The van der Waals surface area contributed by atoms with Crippen LogP contribution < -0.4 is 5.32 Å². The van der Waals surface area contributed by atoms with Gasteiger partial charge in [-0.05, 0) is 51.2 Å². The fraction of sp³-hybridized carbons (Fsp3) is 0.474. The van der Waals surface area contributed by atoms with E-state index in [4.69, 9.17) is 0 Å². The lowest BCUT2D eigenvalue weighted by Crippen LogP contribution is -2.21. The monoisotopic (exact) mass is 387 g/mol. The fourth-order valence-electron chi connectivity index (χ4n) is 3.99. The number of aryl methyl sites for hydroxylation is 2. The second-order valence-corrected chi connectivity index (χ2v) is 9.31. The molecule has 2 N–H and O–H groups in total. The average Bonchev–Trinajstić information content (AvgIpc) is 3.30. The maximum Gasteiger partial charge on any atom is 0.318 e. The molecule has 2 aliphatic rings. The molecule has 26 heavy (non-hydrogen) atoms. The van der Waals surface area contributed by atoms with E-state index in [1.165, 1.54) is 28.6 Å². The van der Waals surface area contributed by atoms with E-state index < -0.39 is 11.2 Å². The SMILES string of the molecule is Cc1cc([C@H]2NC[C@@H](C(=O)O)S2)c(C)n1-c1sc2c(c1C#N)CCCC2. The average molecular weight is 388 g/mol. The molecule has 136 valence electrons. The molecule has 3 heterocycles. The van der Waals surface area contributed by atoms with Gasteiger partial charge in [0.1, 0.15) is 16.3 Å². The normalized spacial score (nSPS) is 22.2. The molecule has 7 heteroatoms. The lowest BCUT2D eigenvalue weighted by molar-refractivity contribution is -0.136. The number of nitrogens with zero attached hydrogens (tertiary/aromatic N) is 2. The van der Waals surface area contributed by atoms with Crippen molar-refractivity contribution in [3.05, 3.63) is 39.0 Å². The van der Waals surface area contributed by atoms with Crippen LogP contribution in [0.4, 0.5) is 0 Å². The van der Waals surface area contributed by atoms with Crippen LogP contribution >= 0.6 is 23.1 Å². The molecule has 1 saturated heterocycles. The van der Waals surface area contributed by atoms with Gasteiger partial charge in [0.2, 0.25) is 0 Å². The van der Waals surface area contributed by atoms with Crippen molar-refractivity contribution in [2.45, 2.75) is 50.2 Å². The fourth-order valence-corrected chi connectivity index (χ4v) is 6.66. The standard InChI is InChI=1S/C19H21N3O2S2/c1-10-7-13(17-21-9-16(25-17)19(23)24)11(2)22(10)18-14(8-20)12-5-3-4-6-15(12)26-18/h7,16-17,21H,3-6,9H2,1-2H3,(H,23,24)/t16-,17-/m0/s1. The van der Waals surface area contributed by atoms with Crippen LogP contribution in [0.15, 0.2) is 6.07 Å². The number of carboxylic acids is 1. The Labute approximate surface area is 161 Å². The van der Waals surface area contributed by atoms with E-state index in [0.29, 0.717) is 6.54 Å². The van der Waals surface area contributed by atoms with Crippen LogP contribution in [0.5, 0.6) is 0 Å². The highest BCUT2D eigenvalue weighted by molar-refractivity contribution is 8.01. The molecule has 1 fully saturated rings. The van der Waals surface area contributed by atoms with Crippen LogP contribution in [0.25, 0.3) is 5.00 Å². The molecule has 0 bridgehead atoms. The van der Waals surface area contributed by atoms with E-state index in [9.17, 15) is 15.2 Å². The summed E-state index contributed by atoms with van der Waals surface area (Å²) in [6, 6.07) is 4.58. The van der Waals surface area contributed by atoms with Gasteiger partial charge in [0.25, 0.3) is 0 Å². The molecule has 2 aromatic heterocycles.